The highest BCUT2D eigenvalue weighted by Crippen LogP contribution is 2.36. The third kappa shape index (κ3) is 3.51. The molecule has 1 aliphatic rings. The van der Waals surface area contributed by atoms with Crippen molar-refractivity contribution in [1.82, 2.24) is 9.91 Å². The summed E-state index contributed by atoms with van der Waals surface area (Å²) in [4.78, 5) is 2.13. The van der Waals surface area contributed by atoms with Crippen LogP contribution in [0.4, 0.5) is 24.5 Å². The van der Waals surface area contributed by atoms with Crippen molar-refractivity contribution in [3.8, 4) is 0 Å². The number of likely N-dealkylation sites (N-methyl/N-ethyl adjacent to an activating group) is 1. The molecule has 2 rings (SSSR count). The normalized spacial score (nSPS) is 18.5. The predicted octanol–water partition coefficient (Wildman–Crippen LogP) is 1.86. The van der Waals surface area contributed by atoms with Gasteiger partial charge in [0, 0.05) is 31.9 Å². The molecule has 1 fully saturated rings. The Morgan fingerprint density at radius 1 is 1.16 bits per heavy atom. The fourth-order valence-corrected chi connectivity index (χ4v) is 1.98. The molecule has 1 heterocycles. The molecule has 1 aromatic rings. The Morgan fingerprint density at radius 2 is 1.79 bits per heavy atom. The Kier molecular flexibility index (Phi) is 3.86. The fourth-order valence-electron chi connectivity index (χ4n) is 1.98. The number of hydrazine groups is 1. The topological polar surface area (TPSA) is 44.5 Å². The fraction of sp³-hybridized carbons (Fsp3) is 0.500. The number of nitrogen functional groups attached to an aromatic ring is 1. The first-order valence-electron chi connectivity index (χ1n) is 6.03. The Bertz CT molecular complexity index is 439. The summed E-state index contributed by atoms with van der Waals surface area (Å²) >= 11 is 0. The third-order valence-corrected chi connectivity index (χ3v) is 3.13. The van der Waals surface area contributed by atoms with Gasteiger partial charge in [-0.1, -0.05) is 0 Å². The van der Waals surface area contributed by atoms with Crippen molar-refractivity contribution in [2.45, 2.75) is 6.18 Å². The lowest BCUT2D eigenvalue weighted by Crippen LogP contribution is -2.47. The molecule has 0 spiro atoms. The maximum absolute atomic E-state index is 12.9. The van der Waals surface area contributed by atoms with E-state index in [2.05, 4.69) is 10.3 Å². The van der Waals surface area contributed by atoms with E-state index in [1.54, 1.807) is 5.01 Å². The highest BCUT2D eigenvalue weighted by molar-refractivity contribution is 5.58. The van der Waals surface area contributed by atoms with Gasteiger partial charge in [0.1, 0.15) is 0 Å². The van der Waals surface area contributed by atoms with E-state index in [4.69, 9.17) is 5.73 Å². The van der Waals surface area contributed by atoms with E-state index >= 15 is 0 Å². The summed E-state index contributed by atoms with van der Waals surface area (Å²) in [6.45, 7) is 3.00. The van der Waals surface area contributed by atoms with Gasteiger partial charge < -0.3 is 16.1 Å². The van der Waals surface area contributed by atoms with Gasteiger partial charge >= 0.3 is 6.18 Å². The van der Waals surface area contributed by atoms with Gasteiger partial charge in [0.15, 0.2) is 0 Å². The molecule has 0 unspecified atom stereocenters. The molecule has 4 nitrogen and oxygen atoms in total. The van der Waals surface area contributed by atoms with E-state index in [1.807, 2.05) is 7.05 Å². The van der Waals surface area contributed by atoms with Gasteiger partial charge in [0.25, 0.3) is 0 Å². The minimum absolute atomic E-state index is 0.0475. The lowest BCUT2D eigenvalue weighted by molar-refractivity contribution is -0.137. The van der Waals surface area contributed by atoms with Crippen LogP contribution in [-0.2, 0) is 6.18 Å². The number of nitrogens with zero attached hydrogens (tertiary/aromatic N) is 2. The van der Waals surface area contributed by atoms with Crippen molar-refractivity contribution in [1.29, 1.82) is 0 Å². The molecule has 3 N–H and O–H groups in total. The molecule has 1 aliphatic heterocycles. The summed E-state index contributed by atoms with van der Waals surface area (Å²) in [5, 5.41) is 1.79. The summed E-state index contributed by atoms with van der Waals surface area (Å²) in [5.74, 6) is 0. The Labute approximate surface area is 109 Å². The Morgan fingerprint density at radius 3 is 2.37 bits per heavy atom. The zero-order valence-electron chi connectivity index (χ0n) is 10.7. The standard InChI is InChI=1S/C12H17F3N4/c1-18-4-6-19(7-5-18)17-11-3-2-9(16)8-10(11)12(13,14)15/h2-3,8,17H,4-7,16H2,1H3. The number of halogens is 3. The number of benzene rings is 1. The van der Waals surface area contributed by atoms with E-state index in [0.29, 0.717) is 13.1 Å². The molecule has 0 bridgehead atoms. The van der Waals surface area contributed by atoms with E-state index in [-0.39, 0.29) is 11.4 Å². The van der Waals surface area contributed by atoms with E-state index < -0.39 is 11.7 Å². The number of nitrogens with one attached hydrogen (secondary N) is 1. The minimum atomic E-state index is -4.41. The van der Waals surface area contributed by atoms with Crippen LogP contribution in [0.3, 0.4) is 0 Å². The molecule has 7 heteroatoms. The van der Waals surface area contributed by atoms with Crippen LogP contribution in [-0.4, -0.2) is 43.1 Å². The van der Waals surface area contributed by atoms with Crippen LogP contribution in [0.15, 0.2) is 18.2 Å². The lowest BCUT2D eigenvalue weighted by Gasteiger charge is -2.33. The van der Waals surface area contributed by atoms with Gasteiger partial charge in [-0.3, -0.25) is 0 Å². The highest BCUT2D eigenvalue weighted by Gasteiger charge is 2.34. The zero-order chi connectivity index (χ0) is 14.0. The average molecular weight is 274 g/mol. The second-order valence-electron chi connectivity index (χ2n) is 4.70. The molecule has 1 saturated heterocycles. The van der Waals surface area contributed by atoms with E-state index in [1.165, 1.54) is 12.1 Å². The molecule has 0 aliphatic carbocycles. The number of piperazine rings is 1. The summed E-state index contributed by atoms with van der Waals surface area (Å²) in [6, 6.07) is 3.79. The maximum Gasteiger partial charge on any atom is 0.418 e. The molecule has 0 amide bonds. The number of rotatable bonds is 2. The molecule has 0 saturated carbocycles. The zero-order valence-corrected chi connectivity index (χ0v) is 10.7. The van der Waals surface area contributed by atoms with Gasteiger partial charge in [-0.2, -0.15) is 13.2 Å². The highest BCUT2D eigenvalue weighted by atomic mass is 19.4. The molecule has 106 valence electrons. The summed E-state index contributed by atoms with van der Waals surface area (Å²) in [5.41, 5.74) is 7.69. The smallest absolute Gasteiger partial charge is 0.399 e. The number of hydrogen-bond donors (Lipinski definition) is 2. The maximum atomic E-state index is 12.9. The molecule has 19 heavy (non-hydrogen) atoms. The molecule has 0 atom stereocenters. The summed E-state index contributed by atoms with van der Waals surface area (Å²) < 4.78 is 38.8. The van der Waals surface area contributed by atoms with E-state index in [9.17, 15) is 13.2 Å². The minimum Gasteiger partial charge on any atom is -0.399 e. The third-order valence-electron chi connectivity index (χ3n) is 3.13. The molecular weight excluding hydrogens is 257 g/mol. The quantitative estimate of drug-likeness (QED) is 0.808. The molecule has 0 aromatic heterocycles. The van der Waals surface area contributed by atoms with E-state index in [0.717, 1.165) is 19.2 Å². The Hall–Kier alpha value is -1.47. The van der Waals surface area contributed by atoms with Crippen LogP contribution in [0.2, 0.25) is 0 Å². The van der Waals surface area contributed by atoms with Crippen molar-refractivity contribution in [3.63, 3.8) is 0 Å². The first-order valence-corrected chi connectivity index (χ1v) is 6.03. The van der Waals surface area contributed by atoms with Crippen LogP contribution >= 0.6 is 0 Å². The van der Waals surface area contributed by atoms with Crippen molar-refractivity contribution in [2.24, 2.45) is 0 Å². The molecular formula is C12H17F3N4. The van der Waals surface area contributed by atoms with Gasteiger partial charge in [0.05, 0.1) is 11.3 Å². The van der Waals surface area contributed by atoms with Crippen LogP contribution < -0.4 is 11.2 Å². The van der Waals surface area contributed by atoms with Gasteiger partial charge in [0.2, 0.25) is 0 Å². The predicted molar refractivity (Wildman–Crippen MR) is 68.5 cm³/mol. The second kappa shape index (κ2) is 5.26. The van der Waals surface area contributed by atoms with Crippen molar-refractivity contribution in [2.75, 3.05) is 44.4 Å². The number of alkyl halides is 3. The monoisotopic (exact) mass is 274 g/mol. The van der Waals surface area contributed by atoms with Crippen LogP contribution in [0, 0.1) is 0 Å². The second-order valence-corrected chi connectivity index (χ2v) is 4.70. The largest absolute Gasteiger partial charge is 0.418 e. The average Bonchev–Trinajstić information content (AvgIpc) is 2.33. The number of anilines is 2. The van der Waals surface area contributed by atoms with Crippen LogP contribution in [0.5, 0.6) is 0 Å². The van der Waals surface area contributed by atoms with Crippen molar-refractivity contribution >= 4 is 11.4 Å². The number of hydrogen-bond acceptors (Lipinski definition) is 4. The van der Waals surface area contributed by atoms with Gasteiger partial charge in [-0.25, -0.2) is 5.01 Å². The van der Waals surface area contributed by atoms with Gasteiger partial charge in [-0.05, 0) is 25.2 Å². The SMILES string of the molecule is CN1CCN(Nc2ccc(N)cc2C(F)(F)F)CC1. The first kappa shape index (κ1) is 14.0. The van der Waals surface area contributed by atoms with Crippen molar-refractivity contribution in [3.05, 3.63) is 23.8 Å². The molecule has 0 radical (unpaired) electrons. The summed E-state index contributed by atoms with van der Waals surface area (Å²) in [6.07, 6.45) is -4.41. The Balaban J connectivity index is 2.16. The number of nitrogens with two attached hydrogens (primary N) is 1. The lowest BCUT2D eigenvalue weighted by atomic mass is 10.1. The molecule has 1 aromatic carbocycles. The van der Waals surface area contributed by atoms with Gasteiger partial charge in [-0.15, -0.1) is 0 Å². The van der Waals surface area contributed by atoms with Crippen LogP contribution in [0.1, 0.15) is 5.56 Å². The summed E-state index contributed by atoms with van der Waals surface area (Å²) in [7, 11) is 1.99. The van der Waals surface area contributed by atoms with Crippen molar-refractivity contribution < 1.29 is 13.2 Å². The van der Waals surface area contributed by atoms with Crippen LogP contribution in [0.25, 0.3) is 0 Å². The first-order chi connectivity index (χ1) is 8.86.